The third-order valence-corrected chi connectivity index (χ3v) is 4.25. The molecule has 4 aromatic rings. The van der Waals surface area contributed by atoms with Crippen molar-refractivity contribution in [2.24, 2.45) is 0 Å². The van der Waals surface area contributed by atoms with E-state index >= 15 is 0 Å². The Labute approximate surface area is 156 Å². The first-order chi connectivity index (χ1) is 13.3. The Morgan fingerprint density at radius 2 is 1.70 bits per heavy atom. The minimum atomic E-state index is 0.311. The SMILES string of the molecule is CCOc1nc2nc(-c3ccncc3)ccc2c(-c2ccccc2)c1C#N. The van der Waals surface area contributed by atoms with Gasteiger partial charge in [0.1, 0.15) is 11.6 Å². The minimum absolute atomic E-state index is 0.311. The summed E-state index contributed by atoms with van der Waals surface area (Å²) in [6.07, 6.45) is 3.46. The predicted octanol–water partition coefficient (Wildman–Crippen LogP) is 4.63. The zero-order chi connectivity index (χ0) is 18.6. The van der Waals surface area contributed by atoms with Gasteiger partial charge in [0.15, 0.2) is 5.65 Å². The maximum atomic E-state index is 9.78. The van der Waals surface area contributed by atoms with Crippen LogP contribution in [0.25, 0.3) is 33.4 Å². The van der Waals surface area contributed by atoms with Crippen LogP contribution in [0.15, 0.2) is 67.0 Å². The van der Waals surface area contributed by atoms with Gasteiger partial charge in [0, 0.05) is 28.9 Å². The summed E-state index contributed by atoms with van der Waals surface area (Å²) in [6.45, 7) is 2.29. The molecule has 5 nitrogen and oxygen atoms in total. The highest BCUT2D eigenvalue weighted by Crippen LogP contribution is 2.36. The average Bonchev–Trinajstić information content (AvgIpc) is 2.74. The molecule has 0 radical (unpaired) electrons. The Hall–Kier alpha value is -3.78. The molecule has 0 aliphatic rings. The number of ether oxygens (including phenoxy) is 1. The lowest BCUT2D eigenvalue weighted by Crippen LogP contribution is -2.02. The highest BCUT2D eigenvalue weighted by atomic mass is 16.5. The molecule has 0 aliphatic heterocycles. The zero-order valence-electron chi connectivity index (χ0n) is 14.8. The lowest BCUT2D eigenvalue weighted by Gasteiger charge is -2.13. The first-order valence-corrected chi connectivity index (χ1v) is 8.65. The molecule has 0 amide bonds. The van der Waals surface area contributed by atoms with Crippen molar-refractivity contribution >= 4 is 11.0 Å². The van der Waals surface area contributed by atoms with Crippen LogP contribution in [-0.4, -0.2) is 21.6 Å². The Morgan fingerprint density at radius 1 is 0.926 bits per heavy atom. The molecular weight excluding hydrogens is 336 g/mol. The summed E-state index contributed by atoms with van der Waals surface area (Å²) >= 11 is 0. The largest absolute Gasteiger partial charge is 0.477 e. The van der Waals surface area contributed by atoms with E-state index in [-0.39, 0.29) is 0 Å². The Bertz CT molecular complexity index is 1140. The molecule has 0 unspecified atom stereocenters. The van der Waals surface area contributed by atoms with Gasteiger partial charge in [0.05, 0.1) is 12.3 Å². The predicted molar refractivity (Wildman–Crippen MR) is 104 cm³/mol. The van der Waals surface area contributed by atoms with E-state index in [0.717, 1.165) is 27.8 Å². The number of hydrogen-bond acceptors (Lipinski definition) is 5. The van der Waals surface area contributed by atoms with Crippen molar-refractivity contribution in [3.05, 3.63) is 72.6 Å². The average molecular weight is 352 g/mol. The number of aromatic nitrogens is 3. The van der Waals surface area contributed by atoms with Gasteiger partial charge in [-0.1, -0.05) is 30.3 Å². The topological polar surface area (TPSA) is 71.7 Å². The molecule has 0 bridgehead atoms. The van der Waals surface area contributed by atoms with Gasteiger partial charge in [-0.15, -0.1) is 0 Å². The van der Waals surface area contributed by atoms with Crippen molar-refractivity contribution in [2.45, 2.75) is 6.92 Å². The Kier molecular flexibility index (Phi) is 4.46. The molecule has 0 spiro atoms. The van der Waals surface area contributed by atoms with Crippen molar-refractivity contribution in [3.63, 3.8) is 0 Å². The molecule has 0 saturated carbocycles. The molecular formula is C22H16N4O. The fourth-order valence-electron chi connectivity index (χ4n) is 3.06. The van der Waals surface area contributed by atoms with E-state index in [9.17, 15) is 5.26 Å². The summed E-state index contributed by atoms with van der Waals surface area (Å²) in [5, 5.41) is 10.6. The molecule has 130 valence electrons. The van der Waals surface area contributed by atoms with E-state index in [4.69, 9.17) is 9.72 Å². The van der Waals surface area contributed by atoms with Crippen LogP contribution in [0.2, 0.25) is 0 Å². The zero-order valence-corrected chi connectivity index (χ0v) is 14.8. The number of benzene rings is 1. The monoisotopic (exact) mass is 352 g/mol. The smallest absolute Gasteiger partial charge is 0.234 e. The number of nitriles is 1. The van der Waals surface area contributed by atoms with E-state index in [1.54, 1.807) is 12.4 Å². The first-order valence-electron chi connectivity index (χ1n) is 8.65. The molecule has 0 fully saturated rings. The highest BCUT2D eigenvalue weighted by Gasteiger charge is 2.18. The maximum absolute atomic E-state index is 9.78. The summed E-state index contributed by atoms with van der Waals surface area (Å²) in [5.41, 5.74) is 4.45. The summed E-state index contributed by atoms with van der Waals surface area (Å²) < 4.78 is 5.66. The first kappa shape index (κ1) is 16.7. The van der Waals surface area contributed by atoms with E-state index in [1.165, 1.54) is 0 Å². The molecule has 5 heteroatoms. The van der Waals surface area contributed by atoms with E-state index in [2.05, 4.69) is 16.0 Å². The number of hydrogen-bond donors (Lipinski definition) is 0. The maximum Gasteiger partial charge on any atom is 0.234 e. The number of rotatable bonds is 4. The van der Waals surface area contributed by atoms with Crippen LogP contribution in [-0.2, 0) is 0 Å². The number of fused-ring (bicyclic) bond motifs is 1. The van der Waals surface area contributed by atoms with Crippen LogP contribution in [0.4, 0.5) is 0 Å². The van der Waals surface area contributed by atoms with E-state index in [0.29, 0.717) is 23.7 Å². The third-order valence-electron chi connectivity index (χ3n) is 4.25. The van der Waals surface area contributed by atoms with Crippen molar-refractivity contribution in [2.75, 3.05) is 6.61 Å². The standard InChI is InChI=1S/C22H16N4O/c1-2-27-22-18(14-23)20(16-6-4-3-5-7-16)17-8-9-19(25-21(17)26-22)15-10-12-24-13-11-15/h3-13H,2H2,1H3. The van der Waals surface area contributed by atoms with E-state index in [1.807, 2.05) is 61.5 Å². The fraction of sp³-hybridized carbons (Fsp3) is 0.0909. The van der Waals surface area contributed by atoms with Gasteiger partial charge in [-0.25, -0.2) is 4.98 Å². The molecule has 0 saturated heterocycles. The molecule has 0 aliphatic carbocycles. The summed E-state index contributed by atoms with van der Waals surface area (Å²) in [6, 6.07) is 19.8. The van der Waals surface area contributed by atoms with Gasteiger partial charge in [0.2, 0.25) is 5.88 Å². The van der Waals surface area contributed by atoms with Crippen molar-refractivity contribution in [1.29, 1.82) is 5.26 Å². The van der Waals surface area contributed by atoms with Crippen LogP contribution >= 0.6 is 0 Å². The van der Waals surface area contributed by atoms with Gasteiger partial charge >= 0.3 is 0 Å². The summed E-state index contributed by atoms with van der Waals surface area (Å²) in [7, 11) is 0. The lowest BCUT2D eigenvalue weighted by molar-refractivity contribution is 0.327. The molecule has 27 heavy (non-hydrogen) atoms. The normalized spacial score (nSPS) is 10.5. The van der Waals surface area contributed by atoms with Gasteiger partial charge in [-0.3, -0.25) is 4.98 Å². The van der Waals surface area contributed by atoms with Crippen LogP contribution in [0, 0.1) is 11.3 Å². The summed E-state index contributed by atoms with van der Waals surface area (Å²) in [4.78, 5) is 13.3. The number of nitrogens with zero attached hydrogens (tertiary/aromatic N) is 4. The summed E-state index contributed by atoms with van der Waals surface area (Å²) in [5.74, 6) is 0.311. The van der Waals surface area contributed by atoms with Crippen molar-refractivity contribution in [1.82, 2.24) is 15.0 Å². The fourth-order valence-corrected chi connectivity index (χ4v) is 3.06. The van der Waals surface area contributed by atoms with Gasteiger partial charge in [0.25, 0.3) is 0 Å². The molecule has 1 aromatic carbocycles. The second-order valence-corrected chi connectivity index (χ2v) is 5.88. The molecule has 0 N–H and O–H groups in total. The van der Waals surface area contributed by atoms with Crippen LogP contribution < -0.4 is 4.74 Å². The molecule has 3 heterocycles. The highest BCUT2D eigenvalue weighted by molar-refractivity contribution is 5.97. The second kappa shape index (κ2) is 7.22. The number of pyridine rings is 3. The van der Waals surface area contributed by atoms with Crippen LogP contribution in [0.1, 0.15) is 12.5 Å². The van der Waals surface area contributed by atoms with Crippen LogP contribution in [0.3, 0.4) is 0 Å². The molecule has 0 atom stereocenters. The van der Waals surface area contributed by atoms with Gasteiger partial charge in [-0.2, -0.15) is 10.2 Å². The van der Waals surface area contributed by atoms with Crippen LogP contribution in [0.5, 0.6) is 5.88 Å². The Morgan fingerprint density at radius 3 is 2.41 bits per heavy atom. The molecule has 3 aromatic heterocycles. The molecule has 4 rings (SSSR count). The lowest BCUT2D eigenvalue weighted by atomic mass is 9.97. The van der Waals surface area contributed by atoms with Crippen molar-refractivity contribution < 1.29 is 4.74 Å². The minimum Gasteiger partial charge on any atom is -0.477 e. The second-order valence-electron chi connectivity index (χ2n) is 5.88. The van der Waals surface area contributed by atoms with Gasteiger partial charge in [-0.05, 0) is 36.8 Å². The third kappa shape index (κ3) is 3.09. The van der Waals surface area contributed by atoms with E-state index < -0.39 is 0 Å². The quantitative estimate of drug-likeness (QED) is 0.535. The Balaban J connectivity index is 2.03. The van der Waals surface area contributed by atoms with Gasteiger partial charge < -0.3 is 4.74 Å². The van der Waals surface area contributed by atoms with Crippen molar-refractivity contribution in [3.8, 4) is 34.3 Å².